The monoisotopic (exact) mass is 387 g/mol. The summed E-state index contributed by atoms with van der Waals surface area (Å²) in [7, 11) is -2.93. The van der Waals surface area contributed by atoms with Crippen molar-refractivity contribution in [1.82, 2.24) is 4.90 Å². The first-order chi connectivity index (χ1) is 11.3. The molecule has 1 atom stereocenters. The number of sulfone groups is 1. The number of carbonyl (C=O) groups excluding carboxylic acids is 1. The van der Waals surface area contributed by atoms with Crippen LogP contribution < -0.4 is 0 Å². The van der Waals surface area contributed by atoms with E-state index in [1.807, 2.05) is 18.2 Å². The predicted octanol–water partition coefficient (Wildman–Crippen LogP) is 3.43. The number of hydrogen-bond donors (Lipinski definition) is 0. The molecule has 0 radical (unpaired) electrons. The lowest BCUT2D eigenvalue weighted by atomic mass is 9.98. The highest BCUT2D eigenvalue weighted by Gasteiger charge is 2.31. The number of nitrogens with zero attached hydrogens (tertiary/aromatic N) is 1. The molecule has 2 aliphatic rings. The molecule has 4 nitrogen and oxygen atoms in total. The molecule has 2 aliphatic heterocycles. The van der Waals surface area contributed by atoms with Crippen LogP contribution in [-0.2, 0) is 14.6 Å². The topological polar surface area (TPSA) is 54.5 Å². The van der Waals surface area contributed by atoms with Crippen molar-refractivity contribution >= 4 is 44.5 Å². The lowest BCUT2D eigenvalue weighted by Crippen LogP contribution is -2.35. The van der Waals surface area contributed by atoms with Gasteiger partial charge >= 0.3 is 0 Å². The van der Waals surface area contributed by atoms with Crippen molar-refractivity contribution in [3.05, 3.63) is 39.9 Å². The summed E-state index contributed by atoms with van der Waals surface area (Å²) >= 11 is 12.0. The molecule has 0 N–H and O–H groups in total. The minimum atomic E-state index is -2.93. The highest BCUT2D eigenvalue weighted by molar-refractivity contribution is 7.91. The molecule has 3 rings (SSSR count). The van der Waals surface area contributed by atoms with E-state index in [2.05, 4.69) is 0 Å². The molecule has 0 aromatic heterocycles. The van der Waals surface area contributed by atoms with Crippen LogP contribution in [0.15, 0.2) is 24.3 Å². The standard InChI is InChI=1S/C17H19Cl2NO3S/c18-15-2-1-14(10-16(15)19)13-3-6-20(7-4-13)17(21)9-12-5-8-24(22,23)11-12/h1-3,10,12H,4-9,11H2. The zero-order valence-corrected chi connectivity index (χ0v) is 15.5. The molecule has 0 saturated carbocycles. The van der Waals surface area contributed by atoms with Crippen molar-refractivity contribution in [2.24, 2.45) is 5.92 Å². The van der Waals surface area contributed by atoms with Crippen molar-refractivity contribution in [1.29, 1.82) is 0 Å². The Morgan fingerprint density at radius 3 is 2.62 bits per heavy atom. The number of halogens is 2. The van der Waals surface area contributed by atoms with E-state index in [-0.39, 0.29) is 23.3 Å². The quantitative estimate of drug-likeness (QED) is 0.797. The Balaban J connectivity index is 1.60. The molecule has 0 spiro atoms. The molecule has 0 bridgehead atoms. The lowest BCUT2D eigenvalue weighted by molar-refractivity contribution is -0.131. The first-order valence-corrected chi connectivity index (χ1v) is 10.5. The molecule has 1 aromatic carbocycles. The van der Waals surface area contributed by atoms with Gasteiger partial charge in [-0.25, -0.2) is 8.42 Å². The SMILES string of the molecule is O=C(CC1CCS(=O)(=O)C1)N1CC=C(c2ccc(Cl)c(Cl)c2)CC1. The van der Waals surface area contributed by atoms with E-state index in [1.165, 1.54) is 0 Å². The molecule has 1 unspecified atom stereocenters. The van der Waals surface area contributed by atoms with Crippen LogP contribution in [0.1, 0.15) is 24.8 Å². The maximum Gasteiger partial charge on any atom is 0.223 e. The van der Waals surface area contributed by atoms with E-state index in [0.29, 0.717) is 36.0 Å². The van der Waals surface area contributed by atoms with Gasteiger partial charge in [-0.3, -0.25) is 4.79 Å². The Kier molecular flexibility index (Phi) is 5.23. The van der Waals surface area contributed by atoms with Crippen LogP contribution in [-0.4, -0.2) is 43.8 Å². The smallest absolute Gasteiger partial charge is 0.223 e. The van der Waals surface area contributed by atoms with Gasteiger partial charge < -0.3 is 4.90 Å². The van der Waals surface area contributed by atoms with Crippen LogP contribution in [0, 0.1) is 5.92 Å². The fourth-order valence-corrected chi connectivity index (χ4v) is 5.42. The number of carbonyl (C=O) groups is 1. The van der Waals surface area contributed by atoms with Crippen molar-refractivity contribution < 1.29 is 13.2 Å². The summed E-state index contributed by atoms with van der Waals surface area (Å²) in [6.45, 7) is 1.19. The van der Waals surface area contributed by atoms with Crippen LogP contribution in [0.3, 0.4) is 0 Å². The summed E-state index contributed by atoms with van der Waals surface area (Å²) < 4.78 is 23.0. The van der Waals surface area contributed by atoms with Crippen molar-refractivity contribution in [3.63, 3.8) is 0 Å². The Morgan fingerprint density at radius 1 is 1.25 bits per heavy atom. The molecule has 7 heteroatoms. The molecule has 1 saturated heterocycles. The molecule has 2 heterocycles. The van der Waals surface area contributed by atoms with Gasteiger partial charge in [0, 0.05) is 19.5 Å². The molecule has 130 valence electrons. The van der Waals surface area contributed by atoms with Gasteiger partial charge in [-0.2, -0.15) is 0 Å². The second kappa shape index (κ2) is 7.06. The van der Waals surface area contributed by atoms with Gasteiger partial charge in [0.2, 0.25) is 5.91 Å². The van der Waals surface area contributed by atoms with E-state index in [1.54, 1.807) is 11.0 Å². The van der Waals surface area contributed by atoms with Gasteiger partial charge in [0.05, 0.1) is 21.6 Å². The average Bonchev–Trinajstić information content (AvgIpc) is 2.89. The fourth-order valence-electron chi connectivity index (χ4n) is 3.26. The van der Waals surface area contributed by atoms with Gasteiger partial charge in [-0.1, -0.05) is 35.3 Å². The van der Waals surface area contributed by atoms with Gasteiger partial charge in [0.1, 0.15) is 0 Å². The minimum absolute atomic E-state index is 0.0250. The highest BCUT2D eigenvalue weighted by atomic mass is 35.5. The third-order valence-electron chi connectivity index (χ3n) is 4.64. The van der Waals surface area contributed by atoms with Crippen molar-refractivity contribution in [2.45, 2.75) is 19.3 Å². The molecule has 24 heavy (non-hydrogen) atoms. The third-order valence-corrected chi connectivity index (χ3v) is 7.22. The fraction of sp³-hybridized carbons (Fsp3) is 0.471. The normalized spacial score (nSPS) is 23.2. The molecular formula is C17H19Cl2NO3S. The molecule has 1 amide bonds. The summed E-state index contributed by atoms with van der Waals surface area (Å²) in [5.74, 6) is 0.382. The first-order valence-electron chi connectivity index (χ1n) is 7.97. The molecule has 0 aliphatic carbocycles. The summed E-state index contributed by atoms with van der Waals surface area (Å²) in [5.41, 5.74) is 2.18. The third kappa shape index (κ3) is 4.13. The average molecular weight is 388 g/mol. The molecular weight excluding hydrogens is 369 g/mol. The van der Waals surface area contributed by atoms with Crippen molar-refractivity contribution in [2.75, 3.05) is 24.6 Å². The van der Waals surface area contributed by atoms with E-state index in [0.717, 1.165) is 17.6 Å². The second-order valence-corrected chi connectivity index (χ2v) is 9.46. The lowest BCUT2D eigenvalue weighted by Gasteiger charge is -2.27. The minimum Gasteiger partial charge on any atom is -0.339 e. The summed E-state index contributed by atoms with van der Waals surface area (Å²) in [6, 6.07) is 5.55. The van der Waals surface area contributed by atoms with Crippen molar-refractivity contribution in [3.8, 4) is 0 Å². The van der Waals surface area contributed by atoms with E-state index >= 15 is 0 Å². The van der Waals surface area contributed by atoms with Crippen LogP contribution in [0.5, 0.6) is 0 Å². The first kappa shape index (κ1) is 17.8. The Hall–Kier alpha value is -1.04. The van der Waals surface area contributed by atoms with Gasteiger partial charge in [0.25, 0.3) is 0 Å². The zero-order valence-electron chi connectivity index (χ0n) is 13.2. The number of benzene rings is 1. The highest BCUT2D eigenvalue weighted by Crippen LogP contribution is 2.29. The summed E-state index contributed by atoms with van der Waals surface area (Å²) in [4.78, 5) is 14.2. The van der Waals surface area contributed by atoms with E-state index in [9.17, 15) is 13.2 Å². The maximum absolute atomic E-state index is 12.4. The zero-order chi connectivity index (χ0) is 17.3. The maximum atomic E-state index is 12.4. The van der Waals surface area contributed by atoms with Crippen LogP contribution >= 0.6 is 23.2 Å². The number of rotatable bonds is 3. The van der Waals surface area contributed by atoms with Gasteiger partial charge in [-0.15, -0.1) is 0 Å². The number of amides is 1. The Bertz CT molecular complexity index is 789. The Morgan fingerprint density at radius 2 is 2.04 bits per heavy atom. The van der Waals surface area contributed by atoms with E-state index < -0.39 is 9.84 Å². The summed E-state index contributed by atoms with van der Waals surface area (Å²) in [5, 5.41) is 1.05. The van der Waals surface area contributed by atoms with Crippen LogP contribution in [0.25, 0.3) is 5.57 Å². The van der Waals surface area contributed by atoms with E-state index in [4.69, 9.17) is 23.2 Å². The number of hydrogen-bond acceptors (Lipinski definition) is 3. The van der Waals surface area contributed by atoms with Crippen LogP contribution in [0.2, 0.25) is 10.0 Å². The molecule has 1 fully saturated rings. The van der Waals surface area contributed by atoms with Gasteiger partial charge in [-0.05, 0) is 42.0 Å². The predicted molar refractivity (Wildman–Crippen MR) is 97.0 cm³/mol. The molecule has 1 aromatic rings. The summed E-state index contributed by atoms with van der Waals surface area (Å²) in [6.07, 6.45) is 3.72. The largest absolute Gasteiger partial charge is 0.339 e. The van der Waals surface area contributed by atoms with Gasteiger partial charge in [0.15, 0.2) is 9.84 Å². The second-order valence-electron chi connectivity index (χ2n) is 6.42. The van der Waals surface area contributed by atoms with Crippen LogP contribution in [0.4, 0.5) is 0 Å². The Labute approximate surface area is 152 Å².